The Morgan fingerprint density at radius 2 is 1.79 bits per heavy atom. The molecule has 0 aliphatic carbocycles. The summed E-state index contributed by atoms with van der Waals surface area (Å²) in [6.45, 7) is 2.27. The van der Waals surface area contributed by atoms with Crippen LogP contribution in [0, 0.1) is 18.6 Å². The van der Waals surface area contributed by atoms with Crippen LogP contribution in [0.25, 0.3) is 0 Å². The highest BCUT2D eigenvalue weighted by molar-refractivity contribution is 9.10. The molecule has 3 aromatic rings. The maximum absolute atomic E-state index is 14.0. The van der Waals surface area contributed by atoms with Crippen LogP contribution in [0.15, 0.2) is 51.7 Å². The van der Waals surface area contributed by atoms with Gasteiger partial charge in [-0.2, -0.15) is 0 Å². The SMILES string of the molecule is CNCC(=O)NCc1ccc(Cc2c(C)[nH]c(=O)c(Br)c2OCc2ccc(F)cc2F)cc1.Cl. The van der Waals surface area contributed by atoms with Crippen LogP contribution in [-0.4, -0.2) is 24.5 Å². The fourth-order valence-electron chi connectivity index (χ4n) is 3.26. The first-order valence-electron chi connectivity index (χ1n) is 10.3. The molecule has 34 heavy (non-hydrogen) atoms. The molecule has 1 aromatic heterocycles. The fourth-order valence-corrected chi connectivity index (χ4v) is 3.71. The number of pyridine rings is 1. The average molecular weight is 557 g/mol. The number of hydrogen-bond donors (Lipinski definition) is 3. The molecule has 6 nitrogen and oxygen atoms in total. The minimum atomic E-state index is -0.716. The number of H-pyrrole nitrogens is 1. The molecule has 0 bridgehead atoms. The Morgan fingerprint density at radius 3 is 2.44 bits per heavy atom. The smallest absolute Gasteiger partial charge is 0.266 e. The summed E-state index contributed by atoms with van der Waals surface area (Å²) < 4.78 is 33.2. The molecule has 0 aliphatic heterocycles. The van der Waals surface area contributed by atoms with Crippen molar-refractivity contribution in [1.82, 2.24) is 15.6 Å². The molecule has 3 rings (SSSR count). The molecule has 0 atom stereocenters. The molecule has 0 radical (unpaired) electrons. The maximum Gasteiger partial charge on any atom is 0.266 e. The number of ether oxygens (including phenoxy) is 1. The molecule has 3 N–H and O–H groups in total. The average Bonchev–Trinajstić information content (AvgIpc) is 2.78. The number of likely N-dealkylation sites (N-methyl/N-ethyl adjacent to an activating group) is 1. The number of aromatic amines is 1. The summed E-state index contributed by atoms with van der Waals surface area (Å²) >= 11 is 3.27. The van der Waals surface area contributed by atoms with Gasteiger partial charge in [-0.15, -0.1) is 12.4 Å². The fraction of sp³-hybridized carbons (Fsp3) is 0.250. The molecule has 2 aromatic carbocycles. The largest absolute Gasteiger partial charge is 0.487 e. The summed E-state index contributed by atoms with van der Waals surface area (Å²) in [4.78, 5) is 26.6. The Balaban J connectivity index is 0.00000408. The van der Waals surface area contributed by atoms with Gasteiger partial charge in [-0.05, 0) is 53.2 Å². The molecule has 0 aliphatic rings. The standard InChI is InChI=1S/C24H24BrF2N3O3.ClH/c1-14-19(9-15-3-5-16(6-4-15)11-29-21(31)12-28-2)23(22(25)24(32)30-14)33-13-17-7-8-18(26)10-20(17)27;/h3-8,10,28H,9,11-13H2,1-2H3,(H,29,31)(H,30,32);1H. The van der Waals surface area contributed by atoms with E-state index in [2.05, 4.69) is 31.5 Å². The Morgan fingerprint density at radius 1 is 1.12 bits per heavy atom. The minimum Gasteiger partial charge on any atom is -0.487 e. The normalized spacial score (nSPS) is 10.5. The van der Waals surface area contributed by atoms with Crippen LogP contribution >= 0.6 is 28.3 Å². The number of carbonyl (C=O) groups excluding carboxylic acids is 1. The summed E-state index contributed by atoms with van der Waals surface area (Å²) in [5.41, 5.74) is 3.08. The molecule has 0 fully saturated rings. The number of halogens is 4. The van der Waals surface area contributed by atoms with Crippen LogP contribution in [0.3, 0.4) is 0 Å². The number of benzene rings is 2. The number of aryl methyl sites for hydroxylation is 1. The number of carbonyl (C=O) groups is 1. The summed E-state index contributed by atoms with van der Waals surface area (Å²) in [6.07, 6.45) is 0.453. The quantitative estimate of drug-likeness (QED) is 0.370. The van der Waals surface area contributed by atoms with Crippen molar-refractivity contribution in [2.45, 2.75) is 26.5 Å². The highest BCUT2D eigenvalue weighted by atomic mass is 79.9. The van der Waals surface area contributed by atoms with Gasteiger partial charge < -0.3 is 20.4 Å². The molecule has 1 amide bonds. The first-order valence-corrected chi connectivity index (χ1v) is 11.0. The third kappa shape index (κ3) is 7.12. The maximum atomic E-state index is 14.0. The van der Waals surface area contributed by atoms with Crippen molar-refractivity contribution in [3.63, 3.8) is 0 Å². The zero-order valence-electron chi connectivity index (χ0n) is 18.6. The second kappa shape index (κ2) is 12.6. The Kier molecular flexibility index (Phi) is 10.2. The topological polar surface area (TPSA) is 83.2 Å². The summed E-state index contributed by atoms with van der Waals surface area (Å²) in [5, 5.41) is 5.61. The van der Waals surface area contributed by atoms with E-state index in [4.69, 9.17) is 4.74 Å². The second-order valence-electron chi connectivity index (χ2n) is 7.53. The van der Waals surface area contributed by atoms with Gasteiger partial charge in [0.25, 0.3) is 5.56 Å². The monoisotopic (exact) mass is 555 g/mol. The summed E-state index contributed by atoms with van der Waals surface area (Å²) in [6, 6.07) is 11.0. The van der Waals surface area contributed by atoms with Crippen molar-refractivity contribution in [3.8, 4) is 5.75 Å². The van der Waals surface area contributed by atoms with E-state index in [9.17, 15) is 18.4 Å². The molecule has 182 valence electrons. The van der Waals surface area contributed by atoms with E-state index in [1.165, 1.54) is 6.07 Å². The van der Waals surface area contributed by atoms with Gasteiger partial charge >= 0.3 is 0 Å². The molecular formula is C24H25BrClF2N3O3. The van der Waals surface area contributed by atoms with Gasteiger partial charge in [0.15, 0.2) is 0 Å². The minimum absolute atomic E-state index is 0. The highest BCUT2D eigenvalue weighted by Gasteiger charge is 2.17. The zero-order chi connectivity index (χ0) is 24.0. The molecule has 10 heteroatoms. The van der Waals surface area contributed by atoms with E-state index < -0.39 is 11.6 Å². The molecule has 0 saturated heterocycles. The third-order valence-corrected chi connectivity index (χ3v) is 5.76. The highest BCUT2D eigenvalue weighted by Crippen LogP contribution is 2.31. The van der Waals surface area contributed by atoms with Crippen molar-refractivity contribution in [2.24, 2.45) is 0 Å². The van der Waals surface area contributed by atoms with E-state index in [-0.39, 0.29) is 47.1 Å². The van der Waals surface area contributed by atoms with Crippen molar-refractivity contribution >= 4 is 34.2 Å². The number of rotatable bonds is 9. The van der Waals surface area contributed by atoms with Gasteiger partial charge in [0.1, 0.15) is 28.5 Å². The lowest BCUT2D eigenvalue weighted by Crippen LogP contribution is -2.31. The van der Waals surface area contributed by atoms with Gasteiger partial charge in [-0.1, -0.05) is 24.3 Å². The number of nitrogens with one attached hydrogen (secondary N) is 3. The molecule has 0 unspecified atom stereocenters. The van der Waals surface area contributed by atoms with Gasteiger partial charge in [-0.25, -0.2) is 8.78 Å². The van der Waals surface area contributed by atoms with Crippen molar-refractivity contribution in [1.29, 1.82) is 0 Å². The number of amides is 1. The van der Waals surface area contributed by atoms with Crippen LogP contribution in [0.4, 0.5) is 8.78 Å². The van der Waals surface area contributed by atoms with E-state index in [0.717, 1.165) is 28.8 Å². The van der Waals surface area contributed by atoms with Crippen LogP contribution in [-0.2, 0) is 24.4 Å². The predicted octanol–water partition coefficient (Wildman–Crippen LogP) is 4.15. The predicted molar refractivity (Wildman–Crippen MR) is 132 cm³/mol. The van der Waals surface area contributed by atoms with Crippen LogP contribution in [0.2, 0.25) is 0 Å². The van der Waals surface area contributed by atoms with E-state index in [1.54, 1.807) is 14.0 Å². The van der Waals surface area contributed by atoms with Gasteiger partial charge in [0, 0.05) is 35.9 Å². The van der Waals surface area contributed by atoms with Crippen LogP contribution in [0.1, 0.15) is 27.9 Å². The molecule has 1 heterocycles. The number of hydrogen-bond acceptors (Lipinski definition) is 4. The van der Waals surface area contributed by atoms with Crippen LogP contribution < -0.4 is 20.9 Å². The lowest BCUT2D eigenvalue weighted by Gasteiger charge is -2.16. The summed E-state index contributed by atoms with van der Waals surface area (Å²) in [5.74, 6) is -1.17. The van der Waals surface area contributed by atoms with Crippen molar-refractivity contribution in [2.75, 3.05) is 13.6 Å². The van der Waals surface area contributed by atoms with E-state index in [0.29, 0.717) is 24.4 Å². The molecule has 0 spiro atoms. The zero-order valence-corrected chi connectivity index (χ0v) is 21.0. The Bertz CT molecular complexity index is 1200. The lowest BCUT2D eigenvalue weighted by molar-refractivity contribution is -0.120. The van der Waals surface area contributed by atoms with Crippen molar-refractivity contribution in [3.05, 3.63) is 96.9 Å². The lowest BCUT2D eigenvalue weighted by atomic mass is 10.0. The third-order valence-electron chi connectivity index (χ3n) is 5.04. The van der Waals surface area contributed by atoms with Crippen LogP contribution in [0.5, 0.6) is 5.75 Å². The van der Waals surface area contributed by atoms with E-state index >= 15 is 0 Å². The number of aromatic nitrogens is 1. The first kappa shape index (κ1) is 27.5. The Hall–Kier alpha value is -2.75. The summed E-state index contributed by atoms with van der Waals surface area (Å²) in [7, 11) is 1.71. The molecule has 0 saturated carbocycles. The first-order chi connectivity index (χ1) is 15.8. The molecular weight excluding hydrogens is 532 g/mol. The van der Waals surface area contributed by atoms with Gasteiger partial charge in [0.2, 0.25) is 5.91 Å². The van der Waals surface area contributed by atoms with Gasteiger partial charge in [-0.3, -0.25) is 9.59 Å². The second-order valence-corrected chi connectivity index (χ2v) is 8.32. The van der Waals surface area contributed by atoms with Crippen molar-refractivity contribution < 1.29 is 18.3 Å². The Labute approximate surface area is 210 Å². The van der Waals surface area contributed by atoms with Gasteiger partial charge in [0.05, 0.1) is 6.54 Å². The van der Waals surface area contributed by atoms with E-state index in [1.807, 2.05) is 24.3 Å².